The molecule has 98 valence electrons. The van der Waals surface area contributed by atoms with Crippen molar-refractivity contribution in [3.8, 4) is 0 Å². The van der Waals surface area contributed by atoms with E-state index >= 15 is 0 Å². The average molecular weight is 241 g/mol. The van der Waals surface area contributed by atoms with Crippen LogP contribution in [0.4, 0.5) is 0 Å². The highest BCUT2D eigenvalue weighted by Crippen LogP contribution is 2.30. The van der Waals surface area contributed by atoms with Gasteiger partial charge in [0, 0.05) is 19.0 Å². The zero-order valence-corrected chi connectivity index (χ0v) is 11.0. The molecule has 1 amide bonds. The number of nitrogens with zero attached hydrogens (tertiary/aromatic N) is 1. The van der Waals surface area contributed by atoms with Crippen LogP contribution in [0, 0.1) is 11.8 Å². The molecule has 0 saturated carbocycles. The van der Waals surface area contributed by atoms with Crippen LogP contribution >= 0.6 is 0 Å². The summed E-state index contributed by atoms with van der Waals surface area (Å²) in [6.07, 6.45) is 3.53. The summed E-state index contributed by atoms with van der Waals surface area (Å²) in [5.41, 5.74) is 0. The van der Waals surface area contributed by atoms with E-state index < -0.39 is 11.9 Å². The highest BCUT2D eigenvalue weighted by molar-refractivity contribution is 5.81. The molecule has 4 nitrogen and oxygen atoms in total. The number of aliphatic carboxylic acids is 1. The molecule has 1 fully saturated rings. The van der Waals surface area contributed by atoms with Crippen molar-refractivity contribution in [1.82, 2.24) is 4.90 Å². The lowest BCUT2D eigenvalue weighted by atomic mass is 9.81. The molecule has 0 spiro atoms. The first kappa shape index (κ1) is 14.0. The summed E-state index contributed by atoms with van der Waals surface area (Å²) in [7, 11) is 0. The fourth-order valence-electron chi connectivity index (χ4n) is 2.73. The zero-order valence-electron chi connectivity index (χ0n) is 11.0. The number of amides is 1. The van der Waals surface area contributed by atoms with E-state index in [1.807, 2.05) is 13.8 Å². The number of unbranched alkanes of at least 4 members (excludes halogenated alkanes) is 2. The molecule has 0 aromatic rings. The van der Waals surface area contributed by atoms with E-state index in [2.05, 4.69) is 6.92 Å². The third-order valence-corrected chi connectivity index (χ3v) is 3.73. The highest BCUT2D eigenvalue weighted by atomic mass is 16.4. The van der Waals surface area contributed by atoms with Crippen LogP contribution in [0.15, 0.2) is 0 Å². The Morgan fingerprint density at radius 1 is 1.41 bits per heavy atom. The Morgan fingerprint density at radius 3 is 2.59 bits per heavy atom. The molecule has 1 N–H and O–H groups in total. The van der Waals surface area contributed by atoms with E-state index in [1.54, 1.807) is 4.90 Å². The predicted molar refractivity (Wildman–Crippen MR) is 65.6 cm³/mol. The Kier molecular flexibility index (Phi) is 4.97. The Bertz CT molecular complexity index is 290. The third kappa shape index (κ3) is 3.20. The van der Waals surface area contributed by atoms with Gasteiger partial charge in [0.1, 0.15) is 0 Å². The van der Waals surface area contributed by atoms with Crippen molar-refractivity contribution in [3.05, 3.63) is 0 Å². The van der Waals surface area contributed by atoms with Gasteiger partial charge in [0.25, 0.3) is 0 Å². The summed E-state index contributed by atoms with van der Waals surface area (Å²) in [5.74, 6) is -1.15. The SMILES string of the molecule is CCCCCN1C(=O)CC(C)C(C(=O)O)C1C. The average Bonchev–Trinajstić information content (AvgIpc) is 2.21. The molecule has 17 heavy (non-hydrogen) atoms. The van der Waals surface area contributed by atoms with Gasteiger partial charge in [0.15, 0.2) is 0 Å². The zero-order chi connectivity index (χ0) is 13.0. The van der Waals surface area contributed by atoms with Gasteiger partial charge in [-0.3, -0.25) is 9.59 Å². The van der Waals surface area contributed by atoms with Crippen LogP contribution in [0.25, 0.3) is 0 Å². The van der Waals surface area contributed by atoms with Crippen molar-refractivity contribution in [2.75, 3.05) is 6.54 Å². The van der Waals surface area contributed by atoms with Crippen LogP contribution in [-0.4, -0.2) is 34.5 Å². The molecule has 0 bridgehead atoms. The standard InChI is InChI=1S/C13H23NO3/c1-4-5-6-7-14-10(3)12(13(16)17)9(2)8-11(14)15/h9-10,12H,4-8H2,1-3H3,(H,16,17). The van der Waals surface area contributed by atoms with Crippen LogP contribution in [0.5, 0.6) is 0 Å². The quantitative estimate of drug-likeness (QED) is 0.750. The fraction of sp³-hybridized carbons (Fsp3) is 0.846. The number of carboxylic acids is 1. The number of carbonyl (C=O) groups is 2. The van der Waals surface area contributed by atoms with Crippen molar-refractivity contribution in [3.63, 3.8) is 0 Å². The van der Waals surface area contributed by atoms with Crippen LogP contribution in [0.3, 0.4) is 0 Å². The van der Waals surface area contributed by atoms with E-state index in [4.69, 9.17) is 0 Å². The summed E-state index contributed by atoms with van der Waals surface area (Å²) in [4.78, 5) is 24.9. The summed E-state index contributed by atoms with van der Waals surface area (Å²) in [6.45, 7) is 6.53. The van der Waals surface area contributed by atoms with Crippen molar-refractivity contribution in [2.45, 2.75) is 52.5 Å². The smallest absolute Gasteiger partial charge is 0.308 e. The second kappa shape index (κ2) is 6.03. The maximum atomic E-state index is 11.9. The molecule has 1 rings (SSSR count). The molecule has 0 aromatic carbocycles. The Labute approximate surface area is 103 Å². The van der Waals surface area contributed by atoms with Gasteiger partial charge in [-0.05, 0) is 19.3 Å². The second-order valence-electron chi connectivity index (χ2n) is 5.08. The molecule has 1 aliphatic rings. The molecular weight excluding hydrogens is 218 g/mol. The molecule has 4 heteroatoms. The molecule has 0 aliphatic carbocycles. The van der Waals surface area contributed by atoms with E-state index in [-0.39, 0.29) is 17.9 Å². The van der Waals surface area contributed by atoms with E-state index in [1.165, 1.54) is 0 Å². The Balaban J connectivity index is 2.68. The number of hydrogen-bond donors (Lipinski definition) is 1. The van der Waals surface area contributed by atoms with Gasteiger partial charge in [-0.25, -0.2) is 0 Å². The fourth-order valence-corrected chi connectivity index (χ4v) is 2.73. The maximum absolute atomic E-state index is 11.9. The lowest BCUT2D eigenvalue weighted by molar-refractivity contribution is -0.154. The second-order valence-corrected chi connectivity index (χ2v) is 5.08. The lowest BCUT2D eigenvalue weighted by Gasteiger charge is -2.40. The minimum absolute atomic E-state index is 0.0579. The number of rotatable bonds is 5. The predicted octanol–water partition coefficient (Wildman–Crippen LogP) is 2.13. The van der Waals surface area contributed by atoms with Crippen molar-refractivity contribution < 1.29 is 14.7 Å². The third-order valence-electron chi connectivity index (χ3n) is 3.73. The van der Waals surface area contributed by atoms with Crippen molar-refractivity contribution in [1.29, 1.82) is 0 Å². The maximum Gasteiger partial charge on any atom is 0.308 e. The van der Waals surface area contributed by atoms with Crippen LogP contribution in [0.2, 0.25) is 0 Å². The van der Waals surface area contributed by atoms with Crippen LogP contribution < -0.4 is 0 Å². The molecule has 3 atom stereocenters. The molecule has 0 radical (unpaired) electrons. The Hall–Kier alpha value is -1.06. The topological polar surface area (TPSA) is 57.6 Å². The van der Waals surface area contributed by atoms with Gasteiger partial charge >= 0.3 is 5.97 Å². The van der Waals surface area contributed by atoms with Gasteiger partial charge < -0.3 is 10.0 Å². The van der Waals surface area contributed by atoms with Gasteiger partial charge in [-0.15, -0.1) is 0 Å². The van der Waals surface area contributed by atoms with Crippen molar-refractivity contribution in [2.24, 2.45) is 11.8 Å². The first-order valence-electron chi connectivity index (χ1n) is 6.51. The minimum atomic E-state index is -0.780. The van der Waals surface area contributed by atoms with Crippen molar-refractivity contribution >= 4 is 11.9 Å². The van der Waals surface area contributed by atoms with E-state index in [0.717, 1.165) is 19.3 Å². The van der Waals surface area contributed by atoms with Crippen LogP contribution in [-0.2, 0) is 9.59 Å². The number of hydrogen-bond acceptors (Lipinski definition) is 2. The lowest BCUT2D eigenvalue weighted by Crippen LogP contribution is -2.52. The van der Waals surface area contributed by atoms with E-state index in [0.29, 0.717) is 13.0 Å². The van der Waals surface area contributed by atoms with Crippen LogP contribution in [0.1, 0.15) is 46.5 Å². The molecule has 0 aromatic heterocycles. The minimum Gasteiger partial charge on any atom is -0.481 e. The van der Waals surface area contributed by atoms with E-state index in [9.17, 15) is 14.7 Å². The van der Waals surface area contributed by atoms with Gasteiger partial charge in [-0.1, -0.05) is 26.7 Å². The number of carboxylic acid groups (broad SMARTS) is 1. The molecule has 1 saturated heterocycles. The molecule has 1 aliphatic heterocycles. The molecule has 3 unspecified atom stereocenters. The van der Waals surface area contributed by atoms with Gasteiger partial charge in [-0.2, -0.15) is 0 Å². The monoisotopic (exact) mass is 241 g/mol. The number of likely N-dealkylation sites (tertiary alicyclic amines) is 1. The number of carbonyl (C=O) groups excluding carboxylic acids is 1. The molecule has 1 heterocycles. The Morgan fingerprint density at radius 2 is 2.06 bits per heavy atom. The van der Waals surface area contributed by atoms with Gasteiger partial charge in [0.2, 0.25) is 5.91 Å². The highest BCUT2D eigenvalue weighted by Gasteiger charge is 2.41. The first-order chi connectivity index (χ1) is 7.99. The van der Waals surface area contributed by atoms with Gasteiger partial charge in [0.05, 0.1) is 5.92 Å². The normalized spacial score (nSPS) is 29.5. The molecular formula is C13H23NO3. The number of piperidine rings is 1. The summed E-state index contributed by atoms with van der Waals surface area (Å²) < 4.78 is 0. The summed E-state index contributed by atoms with van der Waals surface area (Å²) >= 11 is 0. The first-order valence-corrected chi connectivity index (χ1v) is 6.51. The summed E-state index contributed by atoms with van der Waals surface area (Å²) in [5, 5.41) is 9.22. The summed E-state index contributed by atoms with van der Waals surface area (Å²) in [6, 6.07) is -0.180. The largest absolute Gasteiger partial charge is 0.481 e.